The number of carbonyl (C=O) groups excluding carboxylic acids is 2. The molecular weight excluding hydrogens is 278 g/mol. The molecule has 110 valence electrons. The molecule has 0 radical (unpaired) electrons. The lowest BCUT2D eigenvalue weighted by atomic mass is 9.94. The van der Waals surface area contributed by atoms with E-state index in [0.29, 0.717) is 17.7 Å². The van der Waals surface area contributed by atoms with E-state index in [1.165, 1.54) is 0 Å². The highest BCUT2D eigenvalue weighted by Crippen LogP contribution is 2.16. The second kappa shape index (κ2) is 6.27. The number of amides is 1. The fraction of sp³-hybridized carbons (Fsp3) is 0.467. The Morgan fingerprint density at radius 2 is 1.80 bits per heavy atom. The zero-order valence-electron chi connectivity index (χ0n) is 12.2. The first-order valence-electron chi connectivity index (χ1n) is 6.35. The van der Waals surface area contributed by atoms with Crippen molar-refractivity contribution in [3.05, 3.63) is 34.9 Å². The molecule has 1 amide bonds. The van der Waals surface area contributed by atoms with Crippen LogP contribution in [0.25, 0.3) is 0 Å². The van der Waals surface area contributed by atoms with Crippen LogP contribution in [0.5, 0.6) is 0 Å². The summed E-state index contributed by atoms with van der Waals surface area (Å²) in [5.74, 6) is 0. The van der Waals surface area contributed by atoms with Gasteiger partial charge in [0.15, 0.2) is 0 Å². The topological polar surface area (TPSA) is 55.4 Å². The zero-order chi connectivity index (χ0) is 15.4. The molecule has 1 unspecified atom stereocenters. The van der Waals surface area contributed by atoms with Gasteiger partial charge in [-0.1, -0.05) is 23.7 Å². The molecule has 1 N–H and O–H groups in total. The quantitative estimate of drug-likeness (QED) is 0.867. The maximum Gasteiger partial charge on any atom is 0.408 e. The van der Waals surface area contributed by atoms with E-state index in [-0.39, 0.29) is 0 Å². The molecule has 0 bridgehead atoms. The maximum atomic E-state index is 11.8. The van der Waals surface area contributed by atoms with E-state index < -0.39 is 17.2 Å². The molecule has 20 heavy (non-hydrogen) atoms. The summed E-state index contributed by atoms with van der Waals surface area (Å²) in [5.41, 5.74) is -0.718. The van der Waals surface area contributed by atoms with Crippen molar-refractivity contribution < 1.29 is 14.3 Å². The van der Waals surface area contributed by atoms with Gasteiger partial charge in [-0.25, -0.2) is 4.79 Å². The number of halogens is 1. The summed E-state index contributed by atoms with van der Waals surface area (Å²) in [5, 5.41) is 3.23. The van der Waals surface area contributed by atoms with Gasteiger partial charge in [0, 0.05) is 11.4 Å². The van der Waals surface area contributed by atoms with Gasteiger partial charge in [-0.15, -0.1) is 0 Å². The van der Waals surface area contributed by atoms with E-state index in [9.17, 15) is 9.59 Å². The molecule has 1 atom stereocenters. The van der Waals surface area contributed by atoms with Crippen molar-refractivity contribution in [2.75, 3.05) is 0 Å². The minimum Gasteiger partial charge on any atom is -0.444 e. The zero-order valence-corrected chi connectivity index (χ0v) is 13.0. The van der Waals surface area contributed by atoms with Crippen molar-refractivity contribution in [3.8, 4) is 0 Å². The Bertz CT molecular complexity index is 479. The molecule has 5 heteroatoms. The average Bonchev–Trinajstić information content (AvgIpc) is 2.29. The molecular formula is C15H20ClNO3. The number of carbonyl (C=O) groups is 2. The number of rotatable bonds is 4. The maximum absolute atomic E-state index is 11.8. The van der Waals surface area contributed by atoms with Crippen LogP contribution < -0.4 is 5.32 Å². The normalized spacial score (nSPS) is 14.2. The molecule has 0 heterocycles. The Kier molecular flexibility index (Phi) is 5.17. The van der Waals surface area contributed by atoms with Crippen molar-refractivity contribution in [2.24, 2.45) is 0 Å². The molecule has 4 nitrogen and oxygen atoms in total. The molecule has 0 saturated heterocycles. The van der Waals surface area contributed by atoms with Crippen LogP contribution in [-0.2, 0) is 16.0 Å². The molecule has 0 aliphatic heterocycles. The van der Waals surface area contributed by atoms with Crippen molar-refractivity contribution in [1.29, 1.82) is 0 Å². The van der Waals surface area contributed by atoms with Crippen LogP contribution in [0.15, 0.2) is 24.3 Å². The van der Waals surface area contributed by atoms with E-state index in [0.717, 1.165) is 5.56 Å². The first-order chi connectivity index (χ1) is 9.13. The van der Waals surface area contributed by atoms with Crippen LogP contribution in [0.3, 0.4) is 0 Å². The molecule has 0 aliphatic carbocycles. The Labute approximate surface area is 124 Å². The van der Waals surface area contributed by atoms with E-state index >= 15 is 0 Å². The third-order valence-corrected chi connectivity index (χ3v) is 2.78. The van der Waals surface area contributed by atoms with Crippen LogP contribution in [0, 0.1) is 0 Å². The predicted molar refractivity (Wildman–Crippen MR) is 79.0 cm³/mol. The van der Waals surface area contributed by atoms with Gasteiger partial charge in [-0.2, -0.15) is 0 Å². The highest BCUT2D eigenvalue weighted by molar-refractivity contribution is 6.30. The molecule has 0 aliphatic rings. The van der Waals surface area contributed by atoms with Crippen LogP contribution in [0.4, 0.5) is 4.79 Å². The van der Waals surface area contributed by atoms with Gasteiger partial charge in [0.25, 0.3) is 0 Å². The van der Waals surface area contributed by atoms with E-state index in [1.807, 2.05) is 12.1 Å². The van der Waals surface area contributed by atoms with Gasteiger partial charge in [0.2, 0.25) is 0 Å². The first-order valence-corrected chi connectivity index (χ1v) is 6.73. The van der Waals surface area contributed by atoms with E-state index in [4.69, 9.17) is 16.3 Å². The van der Waals surface area contributed by atoms with Gasteiger partial charge in [0.05, 0.1) is 5.54 Å². The molecule has 0 fully saturated rings. The lowest BCUT2D eigenvalue weighted by Gasteiger charge is -2.27. The fourth-order valence-electron chi connectivity index (χ4n) is 1.68. The second-order valence-electron chi connectivity index (χ2n) is 5.97. The van der Waals surface area contributed by atoms with E-state index in [2.05, 4.69) is 5.32 Å². The molecule has 1 aromatic rings. The highest BCUT2D eigenvalue weighted by Gasteiger charge is 2.28. The van der Waals surface area contributed by atoms with Gasteiger partial charge in [-0.3, -0.25) is 0 Å². The molecule has 0 spiro atoms. The van der Waals surface area contributed by atoms with Crippen LogP contribution in [-0.4, -0.2) is 23.5 Å². The Balaban J connectivity index is 2.74. The number of alkyl carbamates (subject to hydrolysis) is 1. The Morgan fingerprint density at radius 3 is 2.25 bits per heavy atom. The Hall–Kier alpha value is -1.55. The minimum atomic E-state index is -1.02. The fourth-order valence-corrected chi connectivity index (χ4v) is 1.80. The monoisotopic (exact) mass is 297 g/mol. The number of hydrogen-bond donors (Lipinski definition) is 1. The summed E-state index contributed by atoms with van der Waals surface area (Å²) in [6.45, 7) is 6.95. The Morgan fingerprint density at radius 1 is 1.25 bits per heavy atom. The number of hydrogen-bond acceptors (Lipinski definition) is 3. The predicted octanol–water partition coefficient (Wildman–Crippen LogP) is 3.36. The highest BCUT2D eigenvalue weighted by atomic mass is 35.5. The number of nitrogens with one attached hydrogen (secondary N) is 1. The summed E-state index contributed by atoms with van der Waals surface area (Å²) in [4.78, 5) is 23.1. The van der Waals surface area contributed by atoms with Crippen molar-refractivity contribution in [2.45, 2.75) is 45.3 Å². The standard InChI is InChI=1S/C15H20ClNO3/c1-14(2,3)20-13(19)17-15(4,10-18)9-11-5-7-12(16)8-6-11/h5-8,10H,9H2,1-4H3,(H,17,19). The van der Waals surface area contributed by atoms with Crippen LogP contribution in [0.2, 0.25) is 5.02 Å². The second-order valence-corrected chi connectivity index (χ2v) is 6.40. The lowest BCUT2D eigenvalue weighted by Crippen LogP contribution is -2.50. The number of aldehydes is 1. The summed E-state index contributed by atoms with van der Waals surface area (Å²) in [6, 6.07) is 7.13. The number of benzene rings is 1. The van der Waals surface area contributed by atoms with Gasteiger partial charge in [0.1, 0.15) is 11.9 Å². The molecule has 0 aromatic heterocycles. The van der Waals surface area contributed by atoms with Gasteiger partial charge >= 0.3 is 6.09 Å². The molecule has 1 aromatic carbocycles. The van der Waals surface area contributed by atoms with Crippen LogP contribution >= 0.6 is 11.6 Å². The molecule has 0 saturated carbocycles. The third-order valence-electron chi connectivity index (χ3n) is 2.53. The van der Waals surface area contributed by atoms with Crippen molar-refractivity contribution in [3.63, 3.8) is 0 Å². The summed E-state index contributed by atoms with van der Waals surface area (Å²) in [7, 11) is 0. The van der Waals surface area contributed by atoms with Crippen molar-refractivity contribution >= 4 is 24.0 Å². The summed E-state index contributed by atoms with van der Waals surface area (Å²) >= 11 is 5.81. The molecule has 1 rings (SSSR count). The minimum absolute atomic E-state index is 0.368. The summed E-state index contributed by atoms with van der Waals surface area (Å²) < 4.78 is 5.16. The lowest BCUT2D eigenvalue weighted by molar-refractivity contribution is -0.112. The average molecular weight is 298 g/mol. The largest absolute Gasteiger partial charge is 0.444 e. The smallest absolute Gasteiger partial charge is 0.408 e. The van der Waals surface area contributed by atoms with Crippen LogP contribution in [0.1, 0.15) is 33.3 Å². The third kappa shape index (κ3) is 5.61. The summed E-state index contributed by atoms with van der Waals surface area (Å²) in [6.07, 6.45) is 0.472. The van der Waals surface area contributed by atoms with Crippen molar-refractivity contribution in [1.82, 2.24) is 5.32 Å². The van der Waals surface area contributed by atoms with Gasteiger partial charge < -0.3 is 14.8 Å². The van der Waals surface area contributed by atoms with E-state index in [1.54, 1.807) is 39.8 Å². The SMILES string of the molecule is CC(C=O)(Cc1ccc(Cl)cc1)NC(=O)OC(C)(C)C. The number of ether oxygens (including phenoxy) is 1. The first kappa shape index (κ1) is 16.5. The van der Waals surface area contributed by atoms with Gasteiger partial charge in [-0.05, 0) is 45.4 Å².